The van der Waals surface area contributed by atoms with Gasteiger partial charge in [0.15, 0.2) is 5.13 Å². The van der Waals surface area contributed by atoms with Crippen LogP contribution in [0, 0.1) is 0 Å². The number of nitrogens with zero attached hydrogens (tertiary/aromatic N) is 2. The van der Waals surface area contributed by atoms with E-state index < -0.39 is 0 Å². The van der Waals surface area contributed by atoms with Crippen LogP contribution in [0.25, 0.3) is 0 Å². The number of nitrogens with one attached hydrogen (secondary N) is 1. The molecule has 1 atom stereocenters. The topological polar surface area (TPSA) is 37.4 Å². The van der Waals surface area contributed by atoms with Gasteiger partial charge in [0, 0.05) is 37.7 Å². The normalized spacial score (nSPS) is 12.7. The highest BCUT2D eigenvalue weighted by Crippen LogP contribution is 2.28. The van der Waals surface area contributed by atoms with E-state index in [1.807, 2.05) is 11.3 Å². The average molecular weight is 299 g/mol. The number of hydrogen-bond donors (Lipinski definition) is 1. The van der Waals surface area contributed by atoms with E-state index in [0.29, 0.717) is 6.04 Å². The van der Waals surface area contributed by atoms with Crippen molar-refractivity contribution in [1.29, 1.82) is 0 Å². The molecule has 1 unspecified atom stereocenters. The third-order valence-electron chi connectivity index (χ3n) is 3.58. The fraction of sp³-hybridized carbons (Fsp3) is 0.800. The summed E-state index contributed by atoms with van der Waals surface area (Å²) >= 11 is 1.83. The number of aryl methyl sites for hydroxylation is 1. The second-order valence-corrected chi connectivity index (χ2v) is 5.99. The summed E-state index contributed by atoms with van der Waals surface area (Å²) in [6.07, 6.45) is 2.14. The molecule has 0 aliphatic heterocycles. The third kappa shape index (κ3) is 4.72. The quantitative estimate of drug-likeness (QED) is 0.674. The minimum atomic E-state index is 0.546. The number of anilines is 1. The van der Waals surface area contributed by atoms with E-state index in [4.69, 9.17) is 9.72 Å². The lowest BCUT2D eigenvalue weighted by atomic mass is 10.2. The van der Waals surface area contributed by atoms with E-state index >= 15 is 0 Å². The molecular weight excluding hydrogens is 270 g/mol. The summed E-state index contributed by atoms with van der Waals surface area (Å²) in [7, 11) is 1.73. The Morgan fingerprint density at radius 2 is 2.10 bits per heavy atom. The second kappa shape index (κ2) is 9.32. The molecule has 0 fully saturated rings. The molecule has 5 heteroatoms. The molecule has 0 amide bonds. The van der Waals surface area contributed by atoms with Gasteiger partial charge < -0.3 is 15.0 Å². The molecule has 116 valence electrons. The van der Waals surface area contributed by atoms with Crippen LogP contribution >= 0.6 is 11.3 Å². The van der Waals surface area contributed by atoms with Gasteiger partial charge in [-0.2, -0.15) is 0 Å². The molecule has 4 nitrogen and oxygen atoms in total. The predicted octanol–water partition coefficient (Wildman–Crippen LogP) is 3.07. The SMILES string of the molecule is CCc1nc(N(CC)C(C)CC)sc1CNCCOC. The van der Waals surface area contributed by atoms with Crippen LogP contribution in [-0.2, 0) is 17.7 Å². The highest BCUT2D eigenvalue weighted by molar-refractivity contribution is 7.15. The zero-order valence-corrected chi connectivity index (χ0v) is 14.3. The van der Waals surface area contributed by atoms with Crippen molar-refractivity contribution in [2.75, 3.05) is 31.7 Å². The second-order valence-electron chi connectivity index (χ2n) is 4.93. The molecule has 20 heavy (non-hydrogen) atoms. The molecule has 1 N–H and O–H groups in total. The van der Waals surface area contributed by atoms with Crippen LogP contribution in [0.15, 0.2) is 0 Å². The van der Waals surface area contributed by atoms with Gasteiger partial charge in [-0.1, -0.05) is 13.8 Å². The van der Waals surface area contributed by atoms with Gasteiger partial charge >= 0.3 is 0 Å². The molecule has 0 bridgehead atoms. The van der Waals surface area contributed by atoms with Crippen molar-refractivity contribution in [3.8, 4) is 0 Å². The zero-order chi connectivity index (χ0) is 15.0. The minimum Gasteiger partial charge on any atom is -0.383 e. The number of thiazole rings is 1. The van der Waals surface area contributed by atoms with Crippen LogP contribution < -0.4 is 10.2 Å². The monoisotopic (exact) mass is 299 g/mol. The van der Waals surface area contributed by atoms with E-state index in [-0.39, 0.29) is 0 Å². The lowest BCUT2D eigenvalue weighted by molar-refractivity contribution is 0.199. The summed E-state index contributed by atoms with van der Waals surface area (Å²) in [5.41, 5.74) is 1.23. The Labute approximate surface area is 127 Å². The zero-order valence-electron chi connectivity index (χ0n) is 13.5. The molecule has 1 rings (SSSR count). The first-order chi connectivity index (χ1) is 9.67. The lowest BCUT2D eigenvalue weighted by Gasteiger charge is -2.26. The Morgan fingerprint density at radius 3 is 2.65 bits per heavy atom. The van der Waals surface area contributed by atoms with E-state index in [9.17, 15) is 0 Å². The van der Waals surface area contributed by atoms with Crippen molar-refractivity contribution in [1.82, 2.24) is 10.3 Å². The molecule has 0 aliphatic rings. The van der Waals surface area contributed by atoms with Gasteiger partial charge in [-0.3, -0.25) is 0 Å². The van der Waals surface area contributed by atoms with Gasteiger partial charge in [0.1, 0.15) is 0 Å². The van der Waals surface area contributed by atoms with Gasteiger partial charge in [-0.15, -0.1) is 11.3 Å². The van der Waals surface area contributed by atoms with Crippen molar-refractivity contribution in [3.63, 3.8) is 0 Å². The molecule has 0 saturated heterocycles. The third-order valence-corrected chi connectivity index (χ3v) is 4.71. The van der Waals surface area contributed by atoms with Crippen LogP contribution in [-0.4, -0.2) is 37.8 Å². The number of aromatic nitrogens is 1. The maximum atomic E-state index is 5.06. The first-order valence-electron chi connectivity index (χ1n) is 7.62. The van der Waals surface area contributed by atoms with Crippen LogP contribution in [0.2, 0.25) is 0 Å². The van der Waals surface area contributed by atoms with Gasteiger partial charge in [0.2, 0.25) is 0 Å². The van der Waals surface area contributed by atoms with Crippen LogP contribution in [0.3, 0.4) is 0 Å². The van der Waals surface area contributed by atoms with Crippen molar-refractivity contribution >= 4 is 16.5 Å². The molecule has 0 saturated carbocycles. The van der Waals surface area contributed by atoms with E-state index in [2.05, 4.69) is 37.9 Å². The summed E-state index contributed by atoms with van der Waals surface area (Å²) in [6.45, 7) is 12.4. The Morgan fingerprint density at radius 1 is 1.35 bits per heavy atom. The predicted molar refractivity (Wildman–Crippen MR) is 87.8 cm³/mol. The maximum absolute atomic E-state index is 5.06. The number of rotatable bonds is 10. The highest BCUT2D eigenvalue weighted by atomic mass is 32.1. The molecule has 0 spiro atoms. The Bertz CT molecular complexity index is 381. The Kier molecular flexibility index (Phi) is 8.11. The first kappa shape index (κ1) is 17.4. The number of hydrogen-bond acceptors (Lipinski definition) is 5. The molecule has 0 radical (unpaired) electrons. The molecule has 0 aromatic carbocycles. The van der Waals surface area contributed by atoms with Gasteiger partial charge in [0.25, 0.3) is 0 Å². The minimum absolute atomic E-state index is 0.546. The van der Waals surface area contributed by atoms with Crippen LogP contribution in [0.4, 0.5) is 5.13 Å². The first-order valence-corrected chi connectivity index (χ1v) is 8.44. The van der Waals surface area contributed by atoms with Crippen molar-refractivity contribution < 1.29 is 4.74 Å². The molecule has 1 heterocycles. The van der Waals surface area contributed by atoms with Crippen molar-refractivity contribution in [2.45, 2.75) is 53.1 Å². The molecule has 1 aromatic rings. The number of methoxy groups -OCH3 is 1. The van der Waals surface area contributed by atoms with Gasteiger partial charge in [0.05, 0.1) is 12.3 Å². The fourth-order valence-electron chi connectivity index (χ4n) is 2.14. The van der Waals surface area contributed by atoms with E-state index in [1.165, 1.54) is 15.7 Å². The maximum Gasteiger partial charge on any atom is 0.186 e. The van der Waals surface area contributed by atoms with Crippen LogP contribution in [0.1, 0.15) is 44.7 Å². The average Bonchev–Trinajstić information content (AvgIpc) is 2.87. The molecule has 0 aliphatic carbocycles. The smallest absolute Gasteiger partial charge is 0.186 e. The summed E-state index contributed by atoms with van der Waals surface area (Å²) in [4.78, 5) is 8.61. The largest absolute Gasteiger partial charge is 0.383 e. The van der Waals surface area contributed by atoms with Crippen LogP contribution in [0.5, 0.6) is 0 Å². The van der Waals surface area contributed by atoms with Crippen molar-refractivity contribution in [2.24, 2.45) is 0 Å². The molecular formula is C15H29N3OS. The molecule has 1 aromatic heterocycles. The Balaban J connectivity index is 2.76. The summed E-state index contributed by atoms with van der Waals surface area (Å²) in [5.74, 6) is 0. The standard InChI is InChI=1S/C15H29N3OS/c1-6-12(4)18(8-3)15-17-13(7-2)14(20-15)11-16-9-10-19-5/h12,16H,6-11H2,1-5H3. The Hall–Kier alpha value is -0.650. The summed E-state index contributed by atoms with van der Waals surface area (Å²) in [6, 6.07) is 0.546. The van der Waals surface area contributed by atoms with Crippen molar-refractivity contribution in [3.05, 3.63) is 10.6 Å². The summed E-state index contributed by atoms with van der Waals surface area (Å²) < 4.78 is 5.06. The highest BCUT2D eigenvalue weighted by Gasteiger charge is 2.17. The van der Waals surface area contributed by atoms with E-state index in [1.54, 1.807) is 7.11 Å². The van der Waals surface area contributed by atoms with Gasteiger partial charge in [-0.05, 0) is 26.7 Å². The van der Waals surface area contributed by atoms with E-state index in [0.717, 1.165) is 39.1 Å². The lowest BCUT2D eigenvalue weighted by Crippen LogP contribution is -2.32. The number of ether oxygens (including phenoxy) is 1. The van der Waals surface area contributed by atoms with Gasteiger partial charge in [-0.25, -0.2) is 4.98 Å². The summed E-state index contributed by atoms with van der Waals surface area (Å²) in [5, 5.41) is 4.59. The fourth-order valence-corrected chi connectivity index (χ4v) is 3.42.